The number of carbonyl (C=O) groups is 1. The standard InChI is InChI=1S/C25H28F3N3O3/c1-15-11-18(14-24(2,3)13-15)31-21-10-5-16(22(32)33-4)12-20(21)30-23(31)29-17-6-8-19(9-7-17)34-25(26,27)28/h5-10,12,15,18H,11,13-14H2,1-4H3,(H,29,30)/t15-,18?/m0/s1. The van der Waals surface area contributed by atoms with E-state index >= 15 is 0 Å². The molecule has 0 amide bonds. The normalized spacial score (nSPS) is 20.2. The van der Waals surface area contributed by atoms with Crippen LogP contribution in [0.15, 0.2) is 42.5 Å². The molecule has 0 saturated heterocycles. The summed E-state index contributed by atoms with van der Waals surface area (Å²) in [6.45, 7) is 6.77. The number of benzene rings is 2. The number of carbonyl (C=O) groups excluding carboxylic acids is 1. The van der Waals surface area contributed by atoms with Gasteiger partial charge in [0.1, 0.15) is 5.75 Å². The Kier molecular flexibility index (Phi) is 6.22. The molecule has 1 aliphatic rings. The van der Waals surface area contributed by atoms with Crippen LogP contribution in [0.5, 0.6) is 5.75 Å². The second-order valence-corrected chi connectivity index (χ2v) is 9.76. The predicted octanol–water partition coefficient (Wildman–Crippen LogP) is 6.85. The molecule has 4 rings (SSSR count). The third kappa shape index (κ3) is 5.29. The zero-order chi connectivity index (χ0) is 24.7. The van der Waals surface area contributed by atoms with E-state index in [1.54, 1.807) is 12.1 Å². The molecular weight excluding hydrogens is 447 g/mol. The number of nitrogens with zero attached hydrogens (tertiary/aromatic N) is 2. The molecule has 0 spiro atoms. The maximum atomic E-state index is 12.5. The molecule has 0 aliphatic heterocycles. The average Bonchev–Trinajstić information content (AvgIpc) is 3.09. The Morgan fingerprint density at radius 2 is 1.85 bits per heavy atom. The SMILES string of the molecule is COC(=O)c1ccc2c(c1)nc(Nc1ccc(OC(F)(F)F)cc1)n2C1C[C@H](C)CC(C)(C)C1. The Hall–Kier alpha value is -3.23. The first-order valence-electron chi connectivity index (χ1n) is 11.2. The molecule has 1 saturated carbocycles. The van der Waals surface area contributed by atoms with E-state index < -0.39 is 12.3 Å². The Morgan fingerprint density at radius 3 is 2.47 bits per heavy atom. The number of ether oxygens (including phenoxy) is 2. The number of nitrogens with one attached hydrogen (secondary N) is 1. The molecule has 2 atom stereocenters. The summed E-state index contributed by atoms with van der Waals surface area (Å²) in [7, 11) is 1.33. The number of aromatic nitrogens is 2. The first kappa shape index (κ1) is 23.9. The predicted molar refractivity (Wildman–Crippen MR) is 123 cm³/mol. The van der Waals surface area contributed by atoms with Crippen molar-refractivity contribution >= 4 is 28.6 Å². The van der Waals surface area contributed by atoms with Crippen molar-refractivity contribution in [2.24, 2.45) is 11.3 Å². The minimum Gasteiger partial charge on any atom is -0.465 e. The Bertz CT molecular complexity index is 1190. The van der Waals surface area contributed by atoms with Gasteiger partial charge >= 0.3 is 12.3 Å². The van der Waals surface area contributed by atoms with Gasteiger partial charge in [0.05, 0.1) is 23.7 Å². The summed E-state index contributed by atoms with van der Waals surface area (Å²) < 4.78 is 48.4. The summed E-state index contributed by atoms with van der Waals surface area (Å²) in [5, 5.41) is 3.25. The molecule has 182 valence electrons. The molecule has 0 radical (unpaired) electrons. The van der Waals surface area contributed by atoms with Crippen molar-refractivity contribution in [3.63, 3.8) is 0 Å². The van der Waals surface area contributed by atoms with E-state index in [9.17, 15) is 18.0 Å². The van der Waals surface area contributed by atoms with Crippen molar-refractivity contribution < 1.29 is 27.4 Å². The average molecular weight is 476 g/mol. The minimum atomic E-state index is -4.75. The number of methoxy groups -OCH3 is 1. The highest BCUT2D eigenvalue weighted by molar-refractivity contribution is 5.94. The Morgan fingerprint density at radius 1 is 1.15 bits per heavy atom. The van der Waals surface area contributed by atoms with Gasteiger partial charge in [-0.15, -0.1) is 13.2 Å². The van der Waals surface area contributed by atoms with E-state index in [4.69, 9.17) is 9.72 Å². The van der Waals surface area contributed by atoms with Crippen LogP contribution >= 0.6 is 0 Å². The lowest BCUT2D eigenvalue weighted by atomic mass is 9.70. The van der Waals surface area contributed by atoms with Crippen LogP contribution < -0.4 is 10.1 Å². The van der Waals surface area contributed by atoms with Crippen molar-refractivity contribution in [2.45, 2.75) is 52.4 Å². The molecule has 1 unspecified atom stereocenters. The van der Waals surface area contributed by atoms with E-state index in [1.165, 1.54) is 31.4 Å². The van der Waals surface area contributed by atoms with Gasteiger partial charge in [0, 0.05) is 11.7 Å². The first-order chi connectivity index (χ1) is 15.9. The molecule has 9 heteroatoms. The molecule has 34 heavy (non-hydrogen) atoms. The summed E-state index contributed by atoms with van der Waals surface area (Å²) in [6.07, 6.45) is -1.69. The highest BCUT2D eigenvalue weighted by Gasteiger charge is 2.35. The minimum absolute atomic E-state index is 0.152. The van der Waals surface area contributed by atoms with Crippen LogP contribution in [0.1, 0.15) is 56.4 Å². The molecule has 1 aromatic heterocycles. The van der Waals surface area contributed by atoms with Crippen LogP contribution in [-0.2, 0) is 4.74 Å². The van der Waals surface area contributed by atoms with E-state index in [-0.39, 0.29) is 17.2 Å². The van der Waals surface area contributed by atoms with Gasteiger partial charge in [0.25, 0.3) is 0 Å². The lowest BCUT2D eigenvalue weighted by Crippen LogP contribution is -2.29. The zero-order valence-corrected chi connectivity index (χ0v) is 19.6. The van der Waals surface area contributed by atoms with Crippen molar-refractivity contribution in [3.8, 4) is 5.75 Å². The third-order valence-corrected chi connectivity index (χ3v) is 6.18. The van der Waals surface area contributed by atoms with E-state index in [1.807, 2.05) is 6.07 Å². The number of fused-ring (bicyclic) bond motifs is 1. The van der Waals surface area contributed by atoms with E-state index in [2.05, 4.69) is 35.4 Å². The van der Waals surface area contributed by atoms with E-state index in [0.717, 1.165) is 24.8 Å². The number of imidazole rings is 1. The second kappa shape index (κ2) is 8.85. The smallest absolute Gasteiger partial charge is 0.465 e. The van der Waals surface area contributed by atoms with Gasteiger partial charge in [-0.05, 0) is 73.1 Å². The number of anilines is 2. The largest absolute Gasteiger partial charge is 0.573 e. The summed E-state index contributed by atoms with van der Waals surface area (Å²) in [5.41, 5.74) is 2.64. The van der Waals surface area contributed by atoms with Crippen molar-refractivity contribution in [1.82, 2.24) is 9.55 Å². The fourth-order valence-corrected chi connectivity index (χ4v) is 5.16. The van der Waals surface area contributed by atoms with Crippen LogP contribution in [0.2, 0.25) is 0 Å². The molecule has 1 N–H and O–H groups in total. The fourth-order valence-electron chi connectivity index (χ4n) is 5.16. The lowest BCUT2D eigenvalue weighted by molar-refractivity contribution is -0.274. The number of hydrogen-bond acceptors (Lipinski definition) is 5. The van der Waals surface area contributed by atoms with Crippen molar-refractivity contribution in [2.75, 3.05) is 12.4 Å². The molecule has 3 aromatic rings. The summed E-state index contributed by atoms with van der Waals surface area (Å²) in [5.74, 6) is 0.347. The lowest BCUT2D eigenvalue weighted by Gasteiger charge is -2.40. The molecule has 1 heterocycles. The molecule has 1 aliphatic carbocycles. The monoisotopic (exact) mass is 475 g/mol. The highest BCUT2D eigenvalue weighted by atomic mass is 19.4. The topological polar surface area (TPSA) is 65.4 Å². The zero-order valence-electron chi connectivity index (χ0n) is 19.6. The van der Waals surface area contributed by atoms with Crippen LogP contribution in [-0.4, -0.2) is 29.0 Å². The van der Waals surface area contributed by atoms with Gasteiger partial charge in [0.2, 0.25) is 5.95 Å². The number of halogens is 3. The van der Waals surface area contributed by atoms with E-state index in [0.29, 0.717) is 28.6 Å². The number of rotatable bonds is 5. The van der Waals surface area contributed by atoms with Gasteiger partial charge in [-0.25, -0.2) is 9.78 Å². The molecule has 2 aromatic carbocycles. The summed E-state index contributed by atoms with van der Waals surface area (Å²) >= 11 is 0. The van der Waals surface area contributed by atoms with Crippen LogP contribution in [0.3, 0.4) is 0 Å². The Balaban J connectivity index is 1.73. The Labute approximate surface area is 196 Å². The van der Waals surface area contributed by atoms with Gasteiger partial charge < -0.3 is 19.4 Å². The molecule has 0 bridgehead atoms. The quantitative estimate of drug-likeness (QED) is 0.409. The number of esters is 1. The van der Waals surface area contributed by atoms with Gasteiger partial charge in [0.15, 0.2) is 0 Å². The number of alkyl halides is 3. The maximum Gasteiger partial charge on any atom is 0.573 e. The second-order valence-electron chi connectivity index (χ2n) is 9.76. The van der Waals surface area contributed by atoms with Crippen molar-refractivity contribution in [1.29, 1.82) is 0 Å². The molecule has 1 fully saturated rings. The molecule has 6 nitrogen and oxygen atoms in total. The molecular formula is C25H28F3N3O3. The first-order valence-corrected chi connectivity index (χ1v) is 11.2. The van der Waals surface area contributed by atoms with Gasteiger partial charge in [-0.3, -0.25) is 0 Å². The van der Waals surface area contributed by atoms with Crippen molar-refractivity contribution in [3.05, 3.63) is 48.0 Å². The summed E-state index contributed by atoms with van der Waals surface area (Å²) in [4.78, 5) is 16.8. The summed E-state index contributed by atoms with van der Waals surface area (Å²) in [6, 6.07) is 11.0. The van der Waals surface area contributed by atoms with Gasteiger partial charge in [-0.2, -0.15) is 0 Å². The fraction of sp³-hybridized carbons (Fsp3) is 0.440. The van der Waals surface area contributed by atoms with Crippen LogP contribution in [0, 0.1) is 11.3 Å². The van der Waals surface area contributed by atoms with Crippen LogP contribution in [0.25, 0.3) is 11.0 Å². The highest BCUT2D eigenvalue weighted by Crippen LogP contribution is 2.46. The van der Waals surface area contributed by atoms with Crippen LogP contribution in [0.4, 0.5) is 24.8 Å². The third-order valence-electron chi connectivity index (χ3n) is 6.18. The van der Waals surface area contributed by atoms with Gasteiger partial charge in [-0.1, -0.05) is 20.8 Å². The number of hydrogen-bond donors (Lipinski definition) is 1. The maximum absolute atomic E-state index is 12.5.